The van der Waals surface area contributed by atoms with Crippen molar-refractivity contribution in [2.75, 3.05) is 18.4 Å². The fourth-order valence-electron chi connectivity index (χ4n) is 1.49. The Morgan fingerprint density at radius 3 is 2.80 bits per heavy atom. The molecule has 5 heteroatoms. The van der Waals surface area contributed by atoms with Crippen LogP contribution >= 0.6 is 0 Å². The molecule has 0 atom stereocenters. The number of benzene rings is 1. The number of rotatable bonds is 3. The fourth-order valence-corrected chi connectivity index (χ4v) is 1.49. The van der Waals surface area contributed by atoms with Gasteiger partial charge in [-0.1, -0.05) is 6.07 Å². The van der Waals surface area contributed by atoms with Crippen molar-refractivity contribution < 1.29 is 4.92 Å². The van der Waals surface area contributed by atoms with Crippen molar-refractivity contribution >= 4 is 11.4 Å². The zero-order valence-electron chi connectivity index (χ0n) is 8.49. The van der Waals surface area contributed by atoms with Gasteiger partial charge in [0.25, 0.3) is 5.69 Å². The van der Waals surface area contributed by atoms with Gasteiger partial charge in [0, 0.05) is 30.9 Å². The third-order valence-electron chi connectivity index (χ3n) is 2.57. The van der Waals surface area contributed by atoms with Crippen LogP contribution in [0.2, 0.25) is 0 Å². The van der Waals surface area contributed by atoms with E-state index in [0.717, 1.165) is 24.3 Å². The number of nitrogens with one attached hydrogen (secondary N) is 2. The van der Waals surface area contributed by atoms with Crippen molar-refractivity contribution in [1.82, 2.24) is 5.32 Å². The number of aryl methyl sites for hydroxylation is 1. The number of hydrogen-bond acceptors (Lipinski definition) is 4. The normalized spacial score (nSPS) is 15.8. The molecule has 2 N–H and O–H groups in total. The Labute approximate surface area is 87.6 Å². The molecule has 5 nitrogen and oxygen atoms in total. The molecule has 0 bridgehead atoms. The lowest BCUT2D eigenvalue weighted by Gasteiger charge is -2.29. The second-order valence-corrected chi connectivity index (χ2v) is 3.76. The molecule has 80 valence electrons. The lowest BCUT2D eigenvalue weighted by molar-refractivity contribution is -0.384. The zero-order chi connectivity index (χ0) is 10.8. The van der Waals surface area contributed by atoms with Gasteiger partial charge in [-0.2, -0.15) is 0 Å². The first-order chi connectivity index (χ1) is 7.16. The van der Waals surface area contributed by atoms with Crippen LogP contribution < -0.4 is 10.6 Å². The summed E-state index contributed by atoms with van der Waals surface area (Å²) in [5.41, 5.74) is 2.03. The number of hydrogen-bond donors (Lipinski definition) is 2. The summed E-state index contributed by atoms with van der Waals surface area (Å²) in [6, 6.07) is 5.28. The van der Waals surface area contributed by atoms with E-state index in [0.29, 0.717) is 6.04 Å². The fraction of sp³-hybridized carbons (Fsp3) is 0.400. The quantitative estimate of drug-likeness (QED) is 0.579. The lowest BCUT2D eigenvalue weighted by atomic mass is 10.1. The summed E-state index contributed by atoms with van der Waals surface area (Å²) in [7, 11) is 0. The van der Waals surface area contributed by atoms with Gasteiger partial charge in [0.15, 0.2) is 0 Å². The predicted octanol–water partition coefficient (Wildman–Crippen LogP) is 1.29. The topological polar surface area (TPSA) is 67.2 Å². The monoisotopic (exact) mass is 207 g/mol. The summed E-state index contributed by atoms with van der Waals surface area (Å²) in [5.74, 6) is 0. The van der Waals surface area contributed by atoms with E-state index in [1.165, 1.54) is 6.07 Å². The molecule has 0 radical (unpaired) electrons. The molecule has 0 spiro atoms. The van der Waals surface area contributed by atoms with Crippen LogP contribution in [0.1, 0.15) is 5.56 Å². The second kappa shape index (κ2) is 3.86. The van der Waals surface area contributed by atoms with Gasteiger partial charge in [0.05, 0.1) is 11.0 Å². The van der Waals surface area contributed by atoms with Gasteiger partial charge < -0.3 is 10.6 Å². The van der Waals surface area contributed by atoms with E-state index in [-0.39, 0.29) is 10.6 Å². The van der Waals surface area contributed by atoms with E-state index in [1.54, 1.807) is 12.1 Å². The summed E-state index contributed by atoms with van der Waals surface area (Å²) >= 11 is 0. The van der Waals surface area contributed by atoms with E-state index in [2.05, 4.69) is 10.6 Å². The Morgan fingerprint density at radius 1 is 1.53 bits per heavy atom. The van der Waals surface area contributed by atoms with Crippen LogP contribution in [0.5, 0.6) is 0 Å². The Bertz CT molecular complexity index is 388. The number of nitro benzene ring substituents is 1. The predicted molar refractivity (Wildman–Crippen MR) is 58.1 cm³/mol. The SMILES string of the molecule is Cc1ccc([N+](=O)[O-])cc1NC1CNC1. The molecule has 1 fully saturated rings. The Hall–Kier alpha value is -1.62. The molecule has 1 aromatic carbocycles. The summed E-state index contributed by atoms with van der Waals surface area (Å²) in [6.45, 7) is 3.78. The molecule has 1 aliphatic heterocycles. The highest BCUT2D eigenvalue weighted by Gasteiger charge is 2.18. The van der Waals surface area contributed by atoms with E-state index in [9.17, 15) is 10.1 Å². The molecule has 1 saturated heterocycles. The first kappa shape index (κ1) is 9.92. The van der Waals surface area contributed by atoms with Gasteiger partial charge in [0.1, 0.15) is 0 Å². The minimum atomic E-state index is -0.371. The molecule has 1 heterocycles. The minimum Gasteiger partial charge on any atom is -0.379 e. The highest BCUT2D eigenvalue weighted by atomic mass is 16.6. The lowest BCUT2D eigenvalue weighted by Crippen LogP contribution is -2.51. The molecule has 2 rings (SSSR count). The Balaban J connectivity index is 2.19. The maximum absolute atomic E-state index is 10.6. The molecule has 1 aliphatic rings. The summed E-state index contributed by atoms with van der Waals surface area (Å²) < 4.78 is 0. The van der Waals surface area contributed by atoms with Crippen molar-refractivity contribution in [2.45, 2.75) is 13.0 Å². The molecule has 1 aromatic rings. The van der Waals surface area contributed by atoms with Crippen LogP contribution in [0.3, 0.4) is 0 Å². The summed E-state index contributed by atoms with van der Waals surface area (Å²) in [4.78, 5) is 10.2. The van der Waals surface area contributed by atoms with Gasteiger partial charge >= 0.3 is 0 Å². The molecule has 15 heavy (non-hydrogen) atoms. The molecule has 0 unspecified atom stereocenters. The third-order valence-corrected chi connectivity index (χ3v) is 2.57. The van der Waals surface area contributed by atoms with E-state index < -0.39 is 0 Å². The smallest absolute Gasteiger partial charge is 0.271 e. The Morgan fingerprint density at radius 2 is 2.27 bits per heavy atom. The van der Waals surface area contributed by atoms with Gasteiger partial charge in [0.2, 0.25) is 0 Å². The number of nitro groups is 1. The maximum Gasteiger partial charge on any atom is 0.271 e. The van der Waals surface area contributed by atoms with Crippen molar-refractivity contribution in [1.29, 1.82) is 0 Å². The van der Waals surface area contributed by atoms with Crippen LogP contribution in [0.15, 0.2) is 18.2 Å². The average molecular weight is 207 g/mol. The standard InChI is InChI=1S/C10H13N3O2/c1-7-2-3-9(13(14)15)4-10(7)12-8-5-11-6-8/h2-4,8,11-12H,5-6H2,1H3. The van der Waals surface area contributed by atoms with Crippen LogP contribution in [-0.2, 0) is 0 Å². The summed E-state index contributed by atoms with van der Waals surface area (Å²) in [5, 5.41) is 17.0. The minimum absolute atomic E-state index is 0.135. The van der Waals surface area contributed by atoms with Crippen LogP contribution in [0, 0.1) is 17.0 Å². The highest BCUT2D eigenvalue weighted by molar-refractivity contribution is 5.57. The van der Waals surface area contributed by atoms with Gasteiger partial charge in [-0.05, 0) is 12.5 Å². The molecule has 0 aliphatic carbocycles. The highest BCUT2D eigenvalue weighted by Crippen LogP contribution is 2.22. The molecular formula is C10H13N3O2. The molecular weight excluding hydrogens is 194 g/mol. The zero-order valence-corrected chi connectivity index (χ0v) is 8.49. The van der Waals surface area contributed by atoms with Crippen molar-refractivity contribution in [2.24, 2.45) is 0 Å². The average Bonchev–Trinajstić information content (AvgIpc) is 2.13. The largest absolute Gasteiger partial charge is 0.379 e. The van der Waals surface area contributed by atoms with Crippen LogP contribution in [0.4, 0.5) is 11.4 Å². The van der Waals surface area contributed by atoms with Crippen molar-refractivity contribution in [3.05, 3.63) is 33.9 Å². The number of anilines is 1. The van der Waals surface area contributed by atoms with E-state index in [4.69, 9.17) is 0 Å². The maximum atomic E-state index is 10.6. The van der Waals surface area contributed by atoms with Crippen LogP contribution in [0.25, 0.3) is 0 Å². The van der Waals surface area contributed by atoms with Gasteiger partial charge in [-0.15, -0.1) is 0 Å². The van der Waals surface area contributed by atoms with Crippen LogP contribution in [-0.4, -0.2) is 24.1 Å². The van der Waals surface area contributed by atoms with E-state index >= 15 is 0 Å². The first-order valence-electron chi connectivity index (χ1n) is 4.89. The second-order valence-electron chi connectivity index (χ2n) is 3.76. The molecule has 0 aromatic heterocycles. The van der Waals surface area contributed by atoms with Crippen molar-refractivity contribution in [3.8, 4) is 0 Å². The molecule has 0 amide bonds. The molecule has 0 saturated carbocycles. The van der Waals surface area contributed by atoms with Crippen molar-refractivity contribution in [3.63, 3.8) is 0 Å². The first-order valence-corrected chi connectivity index (χ1v) is 4.89. The number of nitrogens with zero attached hydrogens (tertiary/aromatic N) is 1. The third kappa shape index (κ3) is 2.07. The van der Waals surface area contributed by atoms with Gasteiger partial charge in [-0.3, -0.25) is 10.1 Å². The Kier molecular flexibility index (Phi) is 2.55. The van der Waals surface area contributed by atoms with Gasteiger partial charge in [-0.25, -0.2) is 0 Å². The number of non-ortho nitro benzene ring substituents is 1. The van der Waals surface area contributed by atoms with E-state index in [1.807, 2.05) is 6.92 Å². The summed E-state index contributed by atoms with van der Waals surface area (Å²) in [6.07, 6.45) is 0.